The maximum Gasteiger partial charge on any atom is 0.310 e. The lowest BCUT2D eigenvalue weighted by atomic mass is 9.71. The SMILES string of the molecule is CCC1(C(=O)O)CCN(C2CCC(C(C)(C)C)CC2)C1. The molecule has 1 aliphatic heterocycles. The number of hydrogen-bond donors (Lipinski definition) is 1. The Morgan fingerprint density at radius 3 is 2.25 bits per heavy atom. The second kappa shape index (κ2) is 5.67. The zero-order chi connectivity index (χ0) is 15.0. The quantitative estimate of drug-likeness (QED) is 0.856. The fourth-order valence-corrected chi connectivity index (χ4v) is 4.14. The van der Waals surface area contributed by atoms with Gasteiger partial charge in [-0.05, 0) is 56.4 Å². The number of nitrogens with zero attached hydrogens (tertiary/aromatic N) is 1. The highest BCUT2D eigenvalue weighted by atomic mass is 16.4. The van der Waals surface area contributed by atoms with E-state index in [-0.39, 0.29) is 0 Å². The van der Waals surface area contributed by atoms with Crippen LogP contribution in [0.2, 0.25) is 0 Å². The van der Waals surface area contributed by atoms with Gasteiger partial charge in [0.2, 0.25) is 0 Å². The summed E-state index contributed by atoms with van der Waals surface area (Å²) in [5.41, 5.74) is -0.0505. The van der Waals surface area contributed by atoms with Crippen LogP contribution >= 0.6 is 0 Å². The van der Waals surface area contributed by atoms with Gasteiger partial charge in [0.15, 0.2) is 0 Å². The Bertz CT molecular complexity index is 352. The molecule has 3 heteroatoms. The third-order valence-electron chi connectivity index (χ3n) is 5.95. The van der Waals surface area contributed by atoms with Crippen LogP contribution in [0.3, 0.4) is 0 Å². The summed E-state index contributed by atoms with van der Waals surface area (Å²) in [6.07, 6.45) is 6.70. The molecule has 1 saturated carbocycles. The molecule has 0 aromatic carbocycles. The highest BCUT2D eigenvalue weighted by Crippen LogP contribution is 2.42. The molecule has 2 fully saturated rings. The van der Waals surface area contributed by atoms with Crippen molar-refractivity contribution < 1.29 is 9.90 Å². The van der Waals surface area contributed by atoms with Gasteiger partial charge < -0.3 is 5.11 Å². The lowest BCUT2D eigenvalue weighted by Gasteiger charge is -2.40. The fourth-order valence-electron chi connectivity index (χ4n) is 4.14. The van der Waals surface area contributed by atoms with Gasteiger partial charge >= 0.3 is 5.97 Å². The van der Waals surface area contributed by atoms with Gasteiger partial charge in [0.25, 0.3) is 0 Å². The molecule has 0 radical (unpaired) electrons. The lowest BCUT2D eigenvalue weighted by Crippen LogP contribution is -2.41. The highest BCUT2D eigenvalue weighted by Gasteiger charge is 2.45. The molecule has 1 atom stereocenters. The Morgan fingerprint density at radius 1 is 1.25 bits per heavy atom. The molecule has 1 saturated heterocycles. The number of carboxylic acids is 1. The van der Waals surface area contributed by atoms with E-state index in [0.29, 0.717) is 11.5 Å². The summed E-state index contributed by atoms with van der Waals surface area (Å²) in [4.78, 5) is 14.0. The maximum absolute atomic E-state index is 11.5. The van der Waals surface area contributed by atoms with E-state index >= 15 is 0 Å². The Labute approximate surface area is 123 Å². The monoisotopic (exact) mass is 281 g/mol. The normalized spacial score (nSPS) is 36.2. The summed E-state index contributed by atoms with van der Waals surface area (Å²) in [5.74, 6) is 0.239. The van der Waals surface area contributed by atoms with Crippen LogP contribution in [0.1, 0.15) is 66.2 Å². The Hall–Kier alpha value is -0.570. The summed E-state index contributed by atoms with van der Waals surface area (Å²) in [7, 11) is 0. The minimum Gasteiger partial charge on any atom is -0.481 e. The molecule has 20 heavy (non-hydrogen) atoms. The van der Waals surface area contributed by atoms with Gasteiger partial charge in [0.1, 0.15) is 0 Å². The van der Waals surface area contributed by atoms with Gasteiger partial charge in [-0.3, -0.25) is 9.69 Å². The predicted molar refractivity (Wildman–Crippen MR) is 81.8 cm³/mol. The number of hydrogen-bond acceptors (Lipinski definition) is 2. The topological polar surface area (TPSA) is 40.5 Å². The van der Waals surface area contributed by atoms with E-state index in [9.17, 15) is 9.90 Å². The predicted octanol–water partition coefficient (Wildman–Crippen LogP) is 3.78. The standard InChI is InChI=1S/C17H31NO2/c1-5-17(15(19)20)10-11-18(12-17)14-8-6-13(7-9-14)16(2,3)4/h13-14H,5-12H2,1-4H3,(H,19,20). The number of carboxylic acid groups (broad SMARTS) is 1. The molecule has 1 unspecified atom stereocenters. The number of aliphatic carboxylic acids is 1. The van der Waals surface area contributed by atoms with Crippen molar-refractivity contribution in [3.8, 4) is 0 Å². The highest BCUT2D eigenvalue weighted by molar-refractivity contribution is 5.75. The first-order valence-electron chi connectivity index (χ1n) is 8.26. The van der Waals surface area contributed by atoms with Crippen LogP contribution < -0.4 is 0 Å². The molecule has 2 rings (SSSR count). The van der Waals surface area contributed by atoms with Gasteiger partial charge in [0, 0.05) is 12.6 Å². The van der Waals surface area contributed by atoms with E-state index in [1.807, 2.05) is 6.92 Å². The Balaban J connectivity index is 1.91. The summed E-state index contributed by atoms with van der Waals surface area (Å²) in [6, 6.07) is 0.626. The molecule has 0 aromatic heterocycles. The van der Waals surface area contributed by atoms with Crippen LogP contribution in [0.25, 0.3) is 0 Å². The van der Waals surface area contributed by atoms with E-state index in [1.54, 1.807) is 0 Å². The number of carbonyl (C=O) groups is 1. The molecular weight excluding hydrogens is 250 g/mol. The van der Waals surface area contributed by atoms with Gasteiger partial charge in [0.05, 0.1) is 5.41 Å². The second-order valence-electron chi connectivity index (χ2n) is 8.03. The van der Waals surface area contributed by atoms with E-state index in [2.05, 4.69) is 25.7 Å². The van der Waals surface area contributed by atoms with E-state index in [4.69, 9.17) is 0 Å². The van der Waals surface area contributed by atoms with Crippen molar-refractivity contribution in [2.24, 2.45) is 16.7 Å². The largest absolute Gasteiger partial charge is 0.481 e. The maximum atomic E-state index is 11.5. The van der Waals surface area contributed by atoms with Crippen LogP contribution in [0, 0.1) is 16.7 Å². The zero-order valence-corrected chi connectivity index (χ0v) is 13.6. The van der Waals surface area contributed by atoms with Crippen molar-refractivity contribution >= 4 is 5.97 Å². The molecule has 116 valence electrons. The third-order valence-corrected chi connectivity index (χ3v) is 5.95. The molecule has 0 amide bonds. The second-order valence-corrected chi connectivity index (χ2v) is 8.03. The average Bonchev–Trinajstić information content (AvgIpc) is 2.83. The summed E-state index contributed by atoms with van der Waals surface area (Å²) >= 11 is 0. The van der Waals surface area contributed by atoms with Crippen molar-refractivity contribution in [1.82, 2.24) is 4.90 Å². The molecule has 2 aliphatic rings. The molecule has 0 bridgehead atoms. The van der Waals surface area contributed by atoms with E-state index < -0.39 is 11.4 Å². The van der Waals surface area contributed by atoms with Crippen molar-refractivity contribution in [2.75, 3.05) is 13.1 Å². The third kappa shape index (κ3) is 3.03. The van der Waals surface area contributed by atoms with E-state index in [1.165, 1.54) is 25.7 Å². The summed E-state index contributed by atoms with van der Waals surface area (Å²) in [6.45, 7) is 10.8. The summed E-state index contributed by atoms with van der Waals surface area (Å²) in [5, 5.41) is 9.50. The molecular formula is C17H31NO2. The van der Waals surface area contributed by atoms with Crippen molar-refractivity contribution in [1.29, 1.82) is 0 Å². The van der Waals surface area contributed by atoms with Crippen LogP contribution in [0.4, 0.5) is 0 Å². The van der Waals surface area contributed by atoms with Gasteiger partial charge in [-0.1, -0.05) is 27.7 Å². The van der Waals surface area contributed by atoms with Crippen LogP contribution in [-0.2, 0) is 4.79 Å². The van der Waals surface area contributed by atoms with Crippen molar-refractivity contribution in [3.05, 3.63) is 0 Å². The number of likely N-dealkylation sites (tertiary alicyclic amines) is 1. The minimum atomic E-state index is -0.592. The number of rotatable bonds is 3. The van der Waals surface area contributed by atoms with E-state index in [0.717, 1.165) is 31.8 Å². The van der Waals surface area contributed by atoms with Crippen LogP contribution in [0.5, 0.6) is 0 Å². The Kier molecular flexibility index (Phi) is 4.48. The first-order valence-corrected chi connectivity index (χ1v) is 8.26. The molecule has 0 aromatic rings. The summed E-state index contributed by atoms with van der Waals surface area (Å²) < 4.78 is 0. The average molecular weight is 281 g/mol. The van der Waals surface area contributed by atoms with Crippen LogP contribution in [-0.4, -0.2) is 35.1 Å². The minimum absolute atomic E-state index is 0.421. The first kappa shape index (κ1) is 15.8. The van der Waals surface area contributed by atoms with Crippen molar-refractivity contribution in [2.45, 2.75) is 72.3 Å². The van der Waals surface area contributed by atoms with Gasteiger partial charge in [-0.15, -0.1) is 0 Å². The zero-order valence-electron chi connectivity index (χ0n) is 13.6. The molecule has 3 nitrogen and oxygen atoms in total. The van der Waals surface area contributed by atoms with Crippen LogP contribution in [0.15, 0.2) is 0 Å². The Morgan fingerprint density at radius 2 is 1.85 bits per heavy atom. The smallest absolute Gasteiger partial charge is 0.310 e. The fraction of sp³-hybridized carbons (Fsp3) is 0.941. The lowest BCUT2D eigenvalue weighted by molar-refractivity contribution is -0.148. The molecule has 1 aliphatic carbocycles. The molecule has 1 N–H and O–H groups in total. The van der Waals surface area contributed by atoms with Crippen molar-refractivity contribution in [3.63, 3.8) is 0 Å². The van der Waals surface area contributed by atoms with Gasteiger partial charge in [-0.25, -0.2) is 0 Å². The molecule has 1 heterocycles. The molecule has 0 spiro atoms. The first-order chi connectivity index (χ1) is 9.28. The van der Waals surface area contributed by atoms with Gasteiger partial charge in [-0.2, -0.15) is 0 Å².